The second-order valence-corrected chi connectivity index (χ2v) is 13.9. The van der Waals surface area contributed by atoms with Gasteiger partial charge in [0.05, 0.1) is 6.10 Å². The van der Waals surface area contributed by atoms with Crippen LogP contribution in [0.3, 0.4) is 0 Å². The minimum atomic E-state index is -4.58. The second-order valence-electron chi connectivity index (χ2n) is 12.9. The van der Waals surface area contributed by atoms with E-state index in [2.05, 4.69) is 27.4 Å². The third-order valence-corrected chi connectivity index (χ3v) is 10.1. The fraction of sp³-hybridized carbons (Fsp3) is 0.677. The lowest BCUT2D eigenvalue weighted by molar-refractivity contribution is -0.0654. The van der Waals surface area contributed by atoms with Gasteiger partial charge in [0, 0.05) is 5.56 Å². The Hall–Kier alpha value is -1.83. The zero-order chi connectivity index (χ0) is 28.3. The van der Waals surface area contributed by atoms with E-state index in [9.17, 15) is 23.2 Å². The normalized spacial score (nSPS) is 27.5. The highest BCUT2D eigenvalue weighted by atomic mass is 32.3. The Kier molecular flexibility index (Phi) is 9.81. The van der Waals surface area contributed by atoms with E-state index < -0.39 is 16.5 Å². The first kappa shape index (κ1) is 30.7. The Bertz CT molecular complexity index is 1120. The molecule has 2 fully saturated rings. The Morgan fingerprint density at radius 1 is 1.24 bits per heavy atom. The topological polar surface area (TPSA) is 104 Å². The van der Waals surface area contributed by atoms with E-state index in [0.717, 1.165) is 50.5 Å². The first-order valence-electron chi connectivity index (χ1n) is 14.1. The third-order valence-electron chi connectivity index (χ3n) is 9.63. The molecule has 2 aliphatic carbocycles. The van der Waals surface area contributed by atoms with Crippen molar-refractivity contribution in [2.75, 3.05) is 0 Å². The molecule has 0 bridgehead atoms. The molecule has 0 spiro atoms. The van der Waals surface area contributed by atoms with Crippen LogP contribution in [-0.2, 0) is 21.0 Å². The zero-order valence-electron chi connectivity index (χ0n) is 23.9. The summed E-state index contributed by atoms with van der Waals surface area (Å²) in [6.45, 7) is 15.6. The van der Waals surface area contributed by atoms with Gasteiger partial charge >= 0.3 is 10.4 Å². The molecule has 0 aromatic heterocycles. The molecule has 2 aliphatic rings. The number of benzene rings is 1. The third kappa shape index (κ3) is 7.64. The number of phenolic OH excluding ortho intramolecular Hbond substituents is 2. The van der Waals surface area contributed by atoms with Crippen molar-refractivity contribution in [2.45, 2.75) is 105 Å². The molecule has 2 saturated carbocycles. The van der Waals surface area contributed by atoms with E-state index in [0.29, 0.717) is 24.3 Å². The molecule has 1 aromatic rings. The smallest absolute Gasteiger partial charge is 0.397 e. The van der Waals surface area contributed by atoms with Crippen LogP contribution in [0.4, 0.5) is 0 Å². The molecule has 3 rings (SSSR count). The number of hydrogen-bond donors (Lipinski definition) is 3. The fourth-order valence-corrected chi connectivity index (χ4v) is 8.06. The van der Waals surface area contributed by atoms with Gasteiger partial charge in [-0.05, 0) is 111 Å². The van der Waals surface area contributed by atoms with Crippen LogP contribution >= 0.6 is 0 Å². The molecule has 214 valence electrons. The lowest BCUT2D eigenvalue weighted by Crippen LogP contribution is -2.50. The van der Waals surface area contributed by atoms with E-state index in [1.54, 1.807) is 6.07 Å². The average molecular weight is 549 g/mol. The largest absolute Gasteiger partial charge is 0.508 e. The number of aromatic hydroxyl groups is 2. The highest BCUT2D eigenvalue weighted by Crippen LogP contribution is 2.62. The molecule has 5 atom stereocenters. The summed E-state index contributed by atoms with van der Waals surface area (Å²) in [5.74, 6) is 0.937. The SMILES string of the molecule is C=C1CCC2C(C)(C)CCC[C@]2(C)[C@H]1C[C@@H](OS(=O)(=O)O)[C@H](C)CCC/C(C)=C/Cc1cc(O)ccc1O. The molecular formula is C31H48O6S. The van der Waals surface area contributed by atoms with Gasteiger partial charge < -0.3 is 10.2 Å². The Balaban J connectivity index is 1.67. The summed E-state index contributed by atoms with van der Waals surface area (Å²) in [4.78, 5) is 0. The Labute approximate surface area is 230 Å². The summed E-state index contributed by atoms with van der Waals surface area (Å²) in [7, 11) is -4.58. The van der Waals surface area contributed by atoms with Gasteiger partial charge in [-0.25, -0.2) is 4.18 Å². The average Bonchev–Trinajstić information content (AvgIpc) is 2.79. The summed E-state index contributed by atoms with van der Waals surface area (Å²) in [5.41, 5.74) is 3.31. The van der Waals surface area contributed by atoms with Crippen molar-refractivity contribution < 1.29 is 27.4 Å². The minimum Gasteiger partial charge on any atom is -0.508 e. The van der Waals surface area contributed by atoms with E-state index in [1.165, 1.54) is 24.1 Å². The van der Waals surface area contributed by atoms with Crippen LogP contribution in [0, 0.1) is 28.6 Å². The number of fused-ring (bicyclic) bond motifs is 1. The Morgan fingerprint density at radius 2 is 1.95 bits per heavy atom. The van der Waals surface area contributed by atoms with Crippen LogP contribution in [0.1, 0.15) is 98.0 Å². The van der Waals surface area contributed by atoms with Gasteiger partial charge in [0.15, 0.2) is 0 Å². The summed E-state index contributed by atoms with van der Waals surface area (Å²) in [6.07, 6.45) is 10.5. The van der Waals surface area contributed by atoms with Crippen molar-refractivity contribution >= 4 is 10.4 Å². The molecule has 0 amide bonds. The standard InChI is InChI=1S/C31H48O6S/c1-21(11-13-24-19-25(32)14-15-27(24)33)9-7-10-23(3)28(37-38(34,35)36)20-26-22(2)12-16-29-30(4,5)17-8-18-31(26,29)6/h11,14-15,19,23,26,28-29,32-33H,2,7-10,12-13,16-18,20H2,1,3-6H3,(H,34,35,36)/b21-11+/t23-,26+,28-,29?,31-/m1/s1. The van der Waals surface area contributed by atoms with Crippen molar-refractivity contribution in [3.05, 3.63) is 47.6 Å². The molecule has 7 heteroatoms. The van der Waals surface area contributed by atoms with Crippen LogP contribution in [0.25, 0.3) is 0 Å². The number of hydrogen-bond acceptors (Lipinski definition) is 5. The van der Waals surface area contributed by atoms with Gasteiger partial charge in [-0.2, -0.15) is 8.42 Å². The zero-order valence-corrected chi connectivity index (χ0v) is 24.7. The van der Waals surface area contributed by atoms with Crippen LogP contribution in [0.2, 0.25) is 0 Å². The van der Waals surface area contributed by atoms with Crippen LogP contribution in [-0.4, -0.2) is 29.3 Å². The van der Waals surface area contributed by atoms with E-state index in [4.69, 9.17) is 4.18 Å². The molecule has 0 aliphatic heterocycles. The first-order valence-corrected chi connectivity index (χ1v) is 15.5. The highest BCUT2D eigenvalue weighted by Gasteiger charge is 2.53. The van der Waals surface area contributed by atoms with Gasteiger partial charge in [-0.1, -0.05) is 57.9 Å². The Morgan fingerprint density at radius 3 is 2.63 bits per heavy atom. The predicted octanol–water partition coefficient (Wildman–Crippen LogP) is 7.77. The molecule has 1 aromatic carbocycles. The van der Waals surface area contributed by atoms with Crippen LogP contribution in [0.5, 0.6) is 11.5 Å². The second kappa shape index (κ2) is 12.1. The summed E-state index contributed by atoms with van der Waals surface area (Å²) in [5, 5.41) is 19.7. The molecule has 6 nitrogen and oxygen atoms in total. The maximum atomic E-state index is 11.9. The molecular weight excluding hydrogens is 500 g/mol. The predicted molar refractivity (Wildman–Crippen MR) is 152 cm³/mol. The number of allylic oxidation sites excluding steroid dienone is 3. The molecule has 0 heterocycles. The van der Waals surface area contributed by atoms with Crippen LogP contribution < -0.4 is 0 Å². The van der Waals surface area contributed by atoms with Crippen molar-refractivity contribution in [1.82, 2.24) is 0 Å². The lowest BCUT2D eigenvalue weighted by Gasteiger charge is -2.58. The quantitative estimate of drug-likeness (QED) is 0.148. The van der Waals surface area contributed by atoms with Crippen molar-refractivity contribution in [3.63, 3.8) is 0 Å². The van der Waals surface area contributed by atoms with Crippen LogP contribution in [0.15, 0.2) is 42.0 Å². The molecule has 1 unspecified atom stereocenters. The van der Waals surface area contributed by atoms with E-state index >= 15 is 0 Å². The minimum absolute atomic E-state index is 0.0500. The molecule has 0 saturated heterocycles. The van der Waals surface area contributed by atoms with Gasteiger partial charge in [-0.3, -0.25) is 4.55 Å². The van der Waals surface area contributed by atoms with Crippen molar-refractivity contribution in [2.24, 2.45) is 28.6 Å². The number of phenols is 2. The number of rotatable bonds is 11. The van der Waals surface area contributed by atoms with E-state index in [-0.39, 0.29) is 34.2 Å². The molecule has 3 N–H and O–H groups in total. The fourth-order valence-electron chi connectivity index (χ4n) is 7.48. The van der Waals surface area contributed by atoms with Crippen molar-refractivity contribution in [3.8, 4) is 11.5 Å². The van der Waals surface area contributed by atoms with Crippen molar-refractivity contribution in [1.29, 1.82) is 0 Å². The summed E-state index contributed by atoms with van der Waals surface area (Å²) >= 11 is 0. The molecule has 0 radical (unpaired) electrons. The highest BCUT2D eigenvalue weighted by molar-refractivity contribution is 7.80. The van der Waals surface area contributed by atoms with Gasteiger partial charge in [0.1, 0.15) is 11.5 Å². The van der Waals surface area contributed by atoms with Gasteiger partial charge in [-0.15, -0.1) is 0 Å². The maximum Gasteiger partial charge on any atom is 0.397 e. The van der Waals surface area contributed by atoms with E-state index in [1.807, 2.05) is 19.9 Å². The maximum absolute atomic E-state index is 11.9. The summed E-state index contributed by atoms with van der Waals surface area (Å²) < 4.78 is 38.7. The monoisotopic (exact) mass is 548 g/mol. The summed E-state index contributed by atoms with van der Waals surface area (Å²) in [6, 6.07) is 4.51. The van der Waals surface area contributed by atoms with Gasteiger partial charge in [0.2, 0.25) is 0 Å². The first-order chi connectivity index (χ1) is 17.6. The van der Waals surface area contributed by atoms with Gasteiger partial charge in [0.25, 0.3) is 0 Å². The molecule has 38 heavy (non-hydrogen) atoms. The lowest BCUT2D eigenvalue weighted by atomic mass is 9.47.